The number of β-lactam (4-membered cyclic amide) rings is 1. The Balaban J connectivity index is 1.49. The number of fused-ring (bicyclic) bond motifs is 1. The van der Waals surface area contributed by atoms with Gasteiger partial charge in [0, 0.05) is 17.8 Å². The number of hydrogen-bond acceptors (Lipinski definition) is 4. The Bertz CT molecular complexity index is 1030. The molecule has 0 aromatic heterocycles. The number of nitrogens with zero attached hydrogens (tertiary/aromatic N) is 1. The number of carbonyl (C=O) groups excluding carboxylic acids is 2. The zero-order valence-electron chi connectivity index (χ0n) is 18.1. The molecule has 0 unspecified atom stereocenters. The van der Waals surface area contributed by atoms with E-state index < -0.39 is 5.54 Å². The number of nitrogens with one attached hydrogen (secondary N) is 1. The summed E-state index contributed by atoms with van der Waals surface area (Å²) in [7, 11) is 0. The highest BCUT2D eigenvalue weighted by molar-refractivity contribution is 6.15. The molecule has 6 nitrogen and oxygen atoms in total. The Morgan fingerprint density at radius 1 is 1.00 bits per heavy atom. The highest BCUT2D eigenvalue weighted by Gasteiger charge is 2.56. The molecular formula is C26H28N2O4. The van der Waals surface area contributed by atoms with Gasteiger partial charge in [0.1, 0.15) is 13.2 Å². The minimum Gasteiger partial charge on any atom is -0.486 e. The molecule has 2 aliphatic heterocycles. The molecule has 2 aromatic rings. The molecule has 2 amide bonds. The summed E-state index contributed by atoms with van der Waals surface area (Å²) in [5.41, 5.74) is 0.564. The normalized spacial score (nSPS) is 23.1. The quantitative estimate of drug-likeness (QED) is 0.723. The van der Waals surface area contributed by atoms with Gasteiger partial charge in [-0.05, 0) is 36.6 Å². The number of ether oxygens (including phenoxy) is 2. The molecule has 0 spiro atoms. The number of rotatable bonds is 5. The van der Waals surface area contributed by atoms with Gasteiger partial charge in [-0.1, -0.05) is 55.7 Å². The van der Waals surface area contributed by atoms with Crippen LogP contribution in [-0.4, -0.2) is 36.6 Å². The smallest absolute Gasteiger partial charge is 0.251 e. The average molecular weight is 433 g/mol. The van der Waals surface area contributed by atoms with Crippen LogP contribution in [-0.2, 0) is 9.59 Å². The maximum Gasteiger partial charge on any atom is 0.251 e. The minimum absolute atomic E-state index is 0.0850. The lowest BCUT2D eigenvalue weighted by atomic mass is 9.80. The highest BCUT2D eigenvalue weighted by atomic mass is 16.6. The number of anilines is 1. The number of hydrogen-bond donors (Lipinski definition) is 1. The summed E-state index contributed by atoms with van der Waals surface area (Å²) in [6.07, 6.45) is 9.39. The molecule has 3 aliphatic rings. The van der Waals surface area contributed by atoms with Gasteiger partial charge >= 0.3 is 0 Å². The average Bonchev–Trinajstić information content (AvgIpc) is 2.82. The molecule has 6 heteroatoms. The molecule has 1 aliphatic carbocycles. The molecule has 2 aromatic carbocycles. The molecule has 1 saturated carbocycles. The van der Waals surface area contributed by atoms with Crippen LogP contribution in [0.15, 0.2) is 54.6 Å². The second kappa shape index (κ2) is 8.69. The van der Waals surface area contributed by atoms with Crippen LogP contribution in [0, 0.1) is 0 Å². The fourth-order valence-corrected chi connectivity index (χ4v) is 4.81. The van der Waals surface area contributed by atoms with E-state index in [4.69, 9.17) is 9.47 Å². The summed E-state index contributed by atoms with van der Waals surface area (Å²) in [5, 5.41) is 3.24. The van der Waals surface area contributed by atoms with E-state index in [1.807, 2.05) is 48.6 Å². The first-order chi connectivity index (χ1) is 15.7. The molecule has 2 fully saturated rings. The van der Waals surface area contributed by atoms with Crippen LogP contribution in [0.1, 0.15) is 44.1 Å². The second-order valence-electron chi connectivity index (χ2n) is 8.71. The number of benzene rings is 2. The molecule has 1 N–H and O–H groups in total. The predicted molar refractivity (Wildman–Crippen MR) is 123 cm³/mol. The van der Waals surface area contributed by atoms with E-state index in [0.29, 0.717) is 30.4 Å². The molecule has 5 rings (SSSR count). The zero-order chi connectivity index (χ0) is 22.0. The molecule has 2 heterocycles. The van der Waals surface area contributed by atoms with Crippen molar-refractivity contribution in [2.75, 3.05) is 18.1 Å². The molecule has 166 valence electrons. The Labute approximate surface area is 188 Å². The van der Waals surface area contributed by atoms with Crippen molar-refractivity contribution >= 4 is 23.6 Å². The molecular weight excluding hydrogens is 404 g/mol. The van der Waals surface area contributed by atoms with Crippen LogP contribution < -0.4 is 19.7 Å². The van der Waals surface area contributed by atoms with Crippen LogP contribution in [0.5, 0.6) is 11.5 Å². The fourth-order valence-electron chi connectivity index (χ4n) is 4.81. The van der Waals surface area contributed by atoms with Gasteiger partial charge in [-0.3, -0.25) is 14.5 Å². The van der Waals surface area contributed by atoms with E-state index in [-0.39, 0.29) is 24.3 Å². The van der Waals surface area contributed by atoms with Crippen molar-refractivity contribution in [1.29, 1.82) is 0 Å². The Morgan fingerprint density at radius 2 is 1.75 bits per heavy atom. The van der Waals surface area contributed by atoms with Crippen molar-refractivity contribution in [1.82, 2.24) is 5.32 Å². The van der Waals surface area contributed by atoms with E-state index in [1.165, 1.54) is 6.42 Å². The Morgan fingerprint density at radius 3 is 2.50 bits per heavy atom. The Hall–Kier alpha value is -3.28. The van der Waals surface area contributed by atoms with Crippen LogP contribution in [0.4, 0.5) is 5.69 Å². The van der Waals surface area contributed by atoms with Gasteiger partial charge in [0.25, 0.3) is 5.91 Å². The third kappa shape index (κ3) is 3.85. The molecule has 0 radical (unpaired) electrons. The van der Waals surface area contributed by atoms with Crippen molar-refractivity contribution in [3.8, 4) is 11.5 Å². The second-order valence-corrected chi connectivity index (χ2v) is 8.71. The largest absolute Gasteiger partial charge is 0.486 e. The van der Waals surface area contributed by atoms with E-state index in [1.54, 1.807) is 17.0 Å². The van der Waals surface area contributed by atoms with E-state index in [9.17, 15) is 9.59 Å². The van der Waals surface area contributed by atoms with Gasteiger partial charge in [-0.2, -0.15) is 0 Å². The number of carbonyl (C=O) groups is 2. The third-order valence-corrected chi connectivity index (χ3v) is 6.54. The van der Waals surface area contributed by atoms with Gasteiger partial charge in [-0.15, -0.1) is 0 Å². The highest BCUT2D eigenvalue weighted by Crippen LogP contribution is 2.43. The van der Waals surface area contributed by atoms with Gasteiger partial charge in [0.2, 0.25) is 5.91 Å². The van der Waals surface area contributed by atoms with Crippen molar-refractivity contribution in [2.45, 2.75) is 50.1 Å². The van der Waals surface area contributed by atoms with Crippen LogP contribution in [0.2, 0.25) is 0 Å². The zero-order valence-corrected chi connectivity index (χ0v) is 18.1. The first-order valence-electron chi connectivity index (χ1n) is 11.4. The van der Waals surface area contributed by atoms with E-state index >= 15 is 0 Å². The van der Waals surface area contributed by atoms with Crippen LogP contribution in [0.3, 0.4) is 0 Å². The summed E-state index contributed by atoms with van der Waals surface area (Å²) in [5.74, 6) is 1.05. The lowest BCUT2D eigenvalue weighted by molar-refractivity contribution is -0.137. The maximum absolute atomic E-state index is 13.6. The fraction of sp³-hybridized carbons (Fsp3) is 0.385. The molecule has 1 saturated heterocycles. The summed E-state index contributed by atoms with van der Waals surface area (Å²) >= 11 is 0. The summed E-state index contributed by atoms with van der Waals surface area (Å²) < 4.78 is 11.3. The number of amides is 2. The lowest BCUT2D eigenvalue weighted by Crippen LogP contribution is -2.70. The maximum atomic E-state index is 13.6. The molecule has 32 heavy (non-hydrogen) atoms. The van der Waals surface area contributed by atoms with E-state index in [0.717, 1.165) is 31.2 Å². The van der Waals surface area contributed by atoms with Crippen LogP contribution >= 0.6 is 0 Å². The summed E-state index contributed by atoms with van der Waals surface area (Å²) in [6, 6.07) is 15.4. The first kappa shape index (κ1) is 20.6. The van der Waals surface area contributed by atoms with Gasteiger partial charge in [-0.25, -0.2) is 0 Å². The minimum atomic E-state index is -1.06. The van der Waals surface area contributed by atoms with E-state index in [2.05, 4.69) is 5.32 Å². The summed E-state index contributed by atoms with van der Waals surface area (Å²) in [6.45, 7) is 0.966. The van der Waals surface area contributed by atoms with Gasteiger partial charge in [0.05, 0.1) is 6.42 Å². The Kier molecular flexibility index (Phi) is 5.60. The lowest BCUT2D eigenvalue weighted by Gasteiger charge is -2.49. The van der Waals surface area contributed by atoms with Crippen molar-refractivity contribution in [2.24, 2.45) is 0 Å². The molecule has 0 bridgehead atoms. The standard InChI is InChI=1S/C26H28N2O4/c29-24-18-26(14-13-19-7-3-1-4-8-19,25(30)27-20-9-5-2-6-10-20)28(24)21-11-12-22-23(17-21)32-16-15-31-22/h1,3-4,7-8,11-14,17,20H,2,5-6,9-10,15-16,18H2,(H,27,30)/b14-13+/t26-/m1/s1. The topological polar surface area (TPSA) is 67.9 Å². The molecule has 1 atom stereocenters. The van der Waals surface area contributed by atoms with Gasteiger partial charge < -0.3 is 14.8 Å². The van der Waals surface area contributed by atoms with Gasteiger partial charge in [0.15, 0.2) is 17.0 Å². The first-order valence-corrected chi connectivity index (χ1v) is 11.4. The van der Waals surface area contributed by atoms with Crippen molar-refractivity contribution in [3.63, 3.8) is 0 Å². The monoisotopic (exact) mass is 432 g/mol. The van der Waals surface area contributed by atoms with Crippen molar-refractivity contribution in [3.05, 3.63) is 60.2 Å². The summed E-state index contributed by atoms with van der Waals surface area (Å²) in [4.78, 5) is 28.1. The third-order valence-electron chi connectivity index (χ3n) is 6.54. The predicted octanol–water partition coefficient (Wildman–Crippen LogP) is 4.10. The van der Waals surface area contributed by atoms with Crippen molar-refractivity contribution < 1.29 is 19.1 Å². The SMILES string of the molecule is O=C1C[C@](/C=C/c2ccccc2)(C(=O)NC2CCCCC2)N1c1ccc2c(c1)OCCO2. The van der Waals surface area contributed by atoms with Crippen LogP contribution in [0.25, 0.3) is 6.08 Å².